The molecule has 0 aliphatic heterocycles. The van der Waals surface area contributed by atoms with E-state index in [1.807, 2.05) is 0 Å². The molecular formula is C13H16ClNO. The van der Waals surface area contributed by atoms with Crippen LogP contribution < -0.4 is 5.32 Å². The van der Waals surface area contributed by atoms with Gasteiger partial charge in [0.2, 0.25) is 0 Å². The van der Waals surface area contributed by atoms with E-state index in [1.165, 1.54) is 12.8 Å². The SMILES string of the molecule is CC1CC(NC2CC2)c2c(O)ccc(Cl)c21. The minimum Gasteiger partial charge on any atom is -0.508 e. The van der Waals surface area contributed by atoms with E-state index in [9.17, 15) is 5.11 Å². The van der Waals surface area contributed by atoms with Crippen LogP contribution in [0.1, 0.15) is 49.3 Å². The summed E-state index contributed by atoms with van der Waals surface area (Å²) >= 11 is 6.22. The molecule has 0 amide bonds. The van der Waals surface area contributed by atoms with Crippen LogP contribution in [-0.4, -0.2) is 11.1 Å². The summed E-state index contributed by atoms with van der Waals surface area (Å²) in [7, 11) is 0. The van der Waals surface area contributed by atoms with E-state index in [2.05, 4.69) is 12.2 Å². The van der Waals surface area contributed by atoms with Crippen LogP contribution >= 0.6 is 11.6 Å². The molecule has 0 bridgehead atoms. The number of rotatable bonds is 2. The first-order valence-corrected chi connectivity index (χ1v) is 6.32. The highest BCUT2D eigenvalue weighted by atomic mass is 35.5. The van der Waals surface area contributed by atoms with Crippen molar-refractivity contribution in [2.45, 2.75) is 44.2 Å². The fourth-order valence-corrected chi connectivity index (χ4v) is 3.09. The molecule has 0 radical (unpaired) electrons. The van der Waals surface area contributed by atoms with Crippen LogP contribution in [0.5, 0.6) is 5.75 Å². The normalized spacial score (nSPS) is 28.1. The average molecular weight is 238 g/mol. The molecule has 2 aliphatic rings. The predicted molar refractivity (Wildman–Crippen MR) is 65.0 cm³/mol. The number of phenols is 1. The van der Waals surface area contributed by atoms with Crippen molar-refractivity contribution in [2.75, 3.05) is 0 Å². The van der Waals surface area contributed by atoms with Crippen molar-refractivity contribution in [1.82, 2.24) is 5.32 Å². The zero-order valence-corrected chi connectivity index (χ0v) is 10.1. The summed E-state index contributed by atoms with van der Waals surface area (Å²) in [4.78, 5) is 0. The molecule has 1 saturated carbocycles. The zero-order valence-electron chi connectivity index (χ0n) is 9.33. The van der Waals surface area contributed by atoms with E-state index in [4.69, 9.17) is 11.6 Å². The Morgan fingerprint density at radius 1 is 1.31 bits per heavy atom. The third-order valence-corrected chi connectivity index (χ3v) is 3.99. The summed E-state index contributed by atoms with van der Waals surface area (Å²) in [6, 6.07) is 4.45. The Morgan fingerprint density at radius 3 is 2.75 bits per heavy atom. The minimum absolute atomic E-state index is 0.288. The van der Waals surface area contributed by atoms with Crippen molar-refractivity contribution < 1.29 is 5.11 Å². The standard InChI is InChI=1S/C13H16ClNO/c1-7-6-10(15-8-2-3-8)13-11(16)5-4-9(14)12(7)13/h4-5,7-8,10,15-16H,2-3,6H2,1H3. The molecule has 0 aromatic heterocycles. The Hall–Kier alpha value is -0.730. The highest BCUT2D eigenvalue weighted by Gasteiger charge is 2.35. The van der Waals surface area contributed by atoms with Crippen molar-refractivity contribution in [3.05, 3.63) is 28.3 Å². The molecule has 2 nitrogen and oxygen atoms in total. The van der Waals surface area contributed by atoms with Gasteiger partial charge in [-0.15, -0.1) is 0 Å². The van der Waals surface area contributed by atoms with Gasteiger partial charge in [-0.25, -0.2) is 0 Å². The first kappa shape index (κ1) is 10.4. The molecule has 1 aromatic rings. The van der Waals surface area contributed by atoms with Gasteiger partial charge in [0.25, 0.3) is 0 Å². The van der Waals surface area contributed by atoms with Gasteiger partial charge < -0.3 is 10.4 Å². The molecule has 0 spiro atoms. The maximum absolute atomic E-state index is 9.98. The Kier molecular flexibility index (Phi) is 2.37. The van der Waals surface area contributed by atoms with Gasteiger partial charge in [-0.2, -0.15) is 0 Å². The van der Waals surface area contributed by atoms with Crippen LogP contribution in [-0.2, 0) is 0 Å². The molecule has 86 valence electrons. The van der Waals surface area contributed by atoms with Gasteiger partial charge >= 0.3 is 0 Å². The molecule has 2 aliphatic carbocycles. The van der Waals surface area contributed by atoms with Crippen molar-refractivity contribution in [1.29, 1.82) is 0 Å². The molecule has 1 aromatic carbocycles. The van der Waals surface area contributed by atoms with E-state index >= 15 is 0 Å². The fourth-order valence-electron chi connectivity index (χ4n) is 2.74. The van der Waals surface area contributed by atoms with Crippen LogP contribution in [0, 0.1) is 0 Å². The second-order valence-corrected chi connectivity index (χ2v) is 5.43. The summed E-state index contributed by atoms with van der Waals surface area (Å²) in [6.07, 6.45) is 3.58. The van der Waals surface area contributed by atoms with Gasteiger partial charge in [-0.05, 0) is 42.9 Å². The topological polar surface area (TPSA) is 32.3 Å². The maximum Gasteiger partial charge on any atom is 0.120 e. The van der Waals surface area contributed by atoms with Gasteiger partial charge in [0, 0.05) is 22.7 Å². The lowest BCUT2D eigenvalue weighted by Crippen LogP contribution is -2.21. The van der Waals surface area contributed by atoms with E-state index in [1.54, 1.807) is 12.1 Å². The third kappa shape index (κ3) is 1.61. The summed E-state index contributed by atoms with van der Waals surface area (Å²) in [6.45, 7) is 2.18. The summed E-state index contributed by atoms with van der Waals surface area (Å²) < 4.78 is 0. The molecule has 0 saturated heterocycles. The lowest BCUT2D eigenvalue weighted by molar-refractivity contribution is 0.444. The van der Waals surface area contributed by atoms with Gasteiger partial charge in [0.1, 0.15) is 5.75 Å². The molecule has 2 unspecified atom stereocenters. The van der Waals surface area contributed by atoms with Gasteiger partial charge in [0.15, 0.2) is 0 Å². The van der Waals surface area contributed by atoms with E-state index in [-0.39, 0.29) is 6.04 Å². The minimum atomic E-state index is 0.288. The molecule has 16 heavy (non-hydrogen) atoms. The second kappa shape index (κ2) is 3.64. The highest BCUT2D eigenvalue weighted by Crippen LogP contribution is 2.48. The Morgan fingerprint density at radius 2 is 2.06 bits per heavy atom. The number of phenolic OH excluding ortho intramolecular Hbond substituents is 1. The van der Waals surface area contributed by atoms with Crippen LogP contribution in [0.2, 0.25) is 5.02 Å². The van der Waals surface area contributed by atoms with Gasteiger partial charge in [0.05, 0.1) is 0 Å². The van der Waals surface area contributed by atoms with Crippen LogP contribution in [0.15, 0.2) is 12.1 Å². The van der Waals surface area contributed by atoms with Crippen molar-refractivity contribution >= 4 is 11.6 Å². The van der Waals surface area contributed by atoms with Gasteiger partial charge in [-0.3, -0.25) is 0 Å². The number of benzene rings is 1. The first-order valence-electron chi connectivity index (χ1n) is 5.94. The van der Waals surface area contributed by atoms with Crippen LogP contribution in [0.3, 0.4) is 0 Å². The maximum atomic E-state index is 9.98. The van der Waals surface area contributed by atoms with Crippen molar-refractivity contribution in [2.24, 2.45) is 0 Å². The van der Waals surface area contributed by atoms with Crippen molar-refractivity contribution in [3.63, 3.8) is 0 Å². The number of halogens is 1. The zero-order chi connectivity index (χ0) is 11.3. The number of hydrogen-bond acceptors (Lipinski definition) is 2. The lowest BCUT2D eigenvalue weighted by Gasteiger charge is -2.14. The monoisotopic (exact) mass is 237 g/mol. The molecule has 2 N–H and O–H groups in total. The molecule has 1 fully saturated rings. The fraction of sp³-hybridized carbons (Fsp3) is 0.538. The number of nitrogens with one attached hydrogen (secondary N) is 1. The third-order valence-electron chi connectivity index (χ3n) is 3.66. The van der Waals surface area contributed by atoms with Crippen LogP contribution in [0.4, 0.5) is 0 Å². The molecule has 3 heteroatoms. The Balaban J connectivity index is 2.01. The number of hydrogen-bond donors (Lipinski definition) is 2. The molecule has 0 heterocycles. The average Bonchev–Trinajstić information content (AvgIpc) is 2.97. The largest absolute Gasteiger partial charge is 0.508 e. The highest BCUT2D eigenvalue weighted by molar-refractivity contribution is 6.31. The van der Waals surface area contributed by atoms with Crippen LogP contribution in [0.25, 0.3) is 0 Å². The smallest absolute Gasteiger partial charge is 0.120 e. The Labute approximate surface area is 101 Å². The van der Waals surface area contributed by atoms with E-state index < -0.39 is 0 Å². The molecular weight excluding hydrogens is 222 g/mol. The predicted octanol–water partition coefficient (Wildman–Crippen LogP) is 3.35. The Bertz CT molecular complexity index is 428. The molecule has 2 atom stereocenters. The number of fused-ring (bicyclic) bond motifs is 1. The van der Waals surface area contributed by atoms with Gasteiger partial charge in [-0.1, -0.05) is 18.5 Å². The summed E-state index contributed by atoms with van der Waals surface area (Å²) in [5, 5.41) is 14.4. The first-order chi connectivity index (χ1) is 7.66. The van der Waals surface area contributed by atoms with E-state index in [0.29, 0.717) is 17.7 Å². The molecule has 3 rings (SSSR count). The summed E-state index contributed by atoms with van der Waals surface area (Å²) in [5.41, 5.74) is 2.17. The summed E-state index contributed by atoms with van der Waals surface area (Å²) in [5.74, 6) is 0.827. The lowest BCUT2D eigenvalue weighted by atomic mass is 10.0. The second-order valence-electron chi connectivity index (χ2n) is 5.02. The van der Waals surface area contributed by atoms with Crippen molar-refractivity contribution in [3.8, 4) is 5.75 Å². The quantitative estimate of drug-likeness (QED) is 0.827. The number of aromatic hydroxyl groups is 1. The van der Waals surface area contributed by atoms with E-state index in [0.717, 1.165) is 22.6 Å².